The Morgan fingerprint density at radius 3 is 2.63 bits per heavy atom. The van der Waals surface area contributed by atoms with E-state index in [0.717, 1.165) is 36.9 Å². The molecule has 0 bridgehead atoms. The van der Waals surface area contributed by atoms with Crippen LogP contribution in [0.3, 0.4) is 0 Å². The zero-order chi connectivity index (χ0) is 19.1. The van der Waals surface area contributed by atoms with Crippen molar-refractivity contribution in [2.24, 2.45) is 5.92 Å². The number of rotatable bonds is 7. The maximum absolute atomic E-state index is 12.2. The van der Waals surface area contributed by atoms with Crippen molar-refractivity contribution >= 4 is 29.1 Å². The van der Waals surface area contributed by atoms with Crippen LogP contribution in [0.4, 0.5) is 5.69 Å². The highest BCUT2D eigenvalue weighted by Crippen LogP contribution is 2.26. The van der Waals surface area contributed by atoms with E-state index in [1.54, 1.807) is 24.3 Å². The van der Waals surface area contributed by atoms with Crippen LogP contribution in [0.2, 0.25) is 5.02 Å². The van der Waals surface area contributed by atoms with Gasteiger partial charge in [-0.1, -0.05) is 42.6 Å². The lowest BCUT2D eigenvalue weighted by Crippen LogP contribution is -2.28. The Balaban J connectivity index is 1.46. The Morgan fingerprint density at radius 1 is 1.07 bits per heavy atom. The third kappa shape index (κ3) is 6.00. The Labute approximate surface area is 164 Å². The maximum atomic E-state index is 12.2. The average Bonchev–Trinajstić information content (AvgIpc) is 3.20. The summed E-state index contributed by atoms with van der Waals surface area (Å²) in [5.41, 5.74) is 1.67. The summed E-state index contributed by atoms with van der Waals surface area (Å²) in [6.45, 7) is 0.281. The molecule has 2 N–H and O–H groups in total. The largest absolute Gasteiger partial charge is 0.484 e. The zero-order valence-corrected chi connectivity index (χ0v) is 15.8. The van der Waals surface area contributed by atoms with Crippen LogP contribution in [0.15, 0.2) is 48.5 Å². The predicted octanol–water partition coefficient (Wildman–Crippen LogP) is 4.16. The third-order valence-corrected chi connectivity index (χ3v) is 4.81. The van der Waals surface area contributed by atoms with Crippen molar-refractivity contribution in [3.05, 3.63) is 59.1 Å². The second-order valence-electron chi connectivity index (χ2n) is 6.69. The van der Waals surface area contributed by atoms with Gasteiger partial charge in [0.2, 0.25) is 5.91 Å². The second kappa shape index (κ2) is 9.42. The van der Waals surface area contributed by atoms with Crippen LogP contribution < -0.4 is 15.4 Å². The first-order valence-corrected chi connectivity index (χ1v) is 9.53. The van der Waals surface area contributed by atoms with Crippen molar-refractivity contribution in [1.29, 1.82) is 0 Å². The number of carbonyl (C=O) groups excluding carboxylic acids is 2. The highest BCUT2D eigenvalue weighted by Gasteiger charge is 2.22. The molecular formula is C21H23ClN2O3. The van der Waals surface area contributed by atoms with E-state index >= 15 is 0 Å². The third-order valence-electron chi connectivity index (χ3n) is 4.58. The molecule has 27 heavy (non-hydrogen) atoms. The molecule has 0 radical (unpaired) electrons. The standard InChI is InChI=1S/C21H23ClN2O3/c22-17-8-4-10-19(12-17)27-14-20(25)23-13-15-5-3-9-18(11-15)24-21(26)16-6-1-2-7-16/h3-5,8-12,16H,1-2,6-7,13-14H2,(H,23,25)(H,24,26). The lowest BCUT2D eigenvalue weighted by molar-refractivity contribution is -0.123. The first-order valence-electron chi connectivity index (χ1n) is 9.15. The van der Waals surface area contributed by atoms with E-state index < -0.39 is 0 Å². The summed E-state index contributed by atoms with van der Waals surface area (Å²) in [7, 11) is 0. The SMILES string of the molecule is O=C(COc1cccc(Cl)c1)NCc1cccc(NC(=O)C2CCCC2)c1. The van der Waals surface area contributed by atoms with Gasteiger partial charge in [-0.2, -0.15) is 0 Å². The van der Waals surface area contributed by atoms with Gasteiger partial charge in [-0.05, 0) is 48.7 Å². The van der Waals surface area contributed by atoms with Crippen molar-refractivity contribution in [3.63, 3.8) is 0 Å². The number of hydrogen-bond acceptors (Lipinski definition) is 3. The van der Waals surface area contributed by atoms with E-state index in [4.69, 9.17) is 16.3 Å². The number of carbonyl (C=O) groups is 2. The Morgan fingerprint density at radius 2 is 1.85 bits per heavy atom. The van der Waals surface area contributed by atoms with Gasteiger partial charge in [0.1, 0.15) is 5.75 Å². The molecule has 0 unspecified atom stereocenters. The molecule has 0 saturated heterocycles. The van der Waals surface area contributed by atoms with Crippen molar-refractivity contribution in [3.8, 4) is 5.75 Å². The molecule has 0 aliphatic heterocycles. The summed E-state index contributed by atoms with van der Waals surface area (Å²) < 4.78 is 5.42. The normalized spacial score (nSPS) is 14.0. The minimum atomic E-state index is -0.227. The van der Waals surface area contributed by atoms with E-state index in [1.807, 2.05) is 24.3 Å². The monoisotopic (exact) mass is 386 g/mol. The summed E-state index contributed by atoms with van der Waals surface area (Å²) in [5.74, 6) is 0.533. The van der Waals surface area contributed by atoms with Gasteiger partial charge in [0.15, 0.2) is 6.61 Å². The highest BCUT2D eigenvalue weighted by molar-refractivity contribution is 6.30. The number of anilines is 1. The molecule has 2 amide bonds. The van der Waals surface area contributed by atoms with E-state index in [9.17, 15) is 9.59 Å². The fourth-order valence-electron chi connectivity index (χ4n) is 3.15. The van der Waals surface area contributed by atoms with E-state index in [-0.39, 0.29) is 24.3 Å². The number of ether oxygens (including phenoxy) is 1. The van der Waals surface area contributed by atoms with Crippen LogP contribution in [0, 0.1) is 5.92 Å². The van der Waals surface area contributed by atoms with Gasteiger partial charge in [0, 0.05) is 23.2 Å². The first-order chi connectivity index (χ1) is 13.1. The van der Waals surface area contributed by atoms with Crippen LogP contribution in [-0.2, 0) is 16.1 Å². The lowest BCUT2D eigenvalue weighted by atomic mass is 10.1. The van der Waals surface area contributed by atoms with Gasteiger partial charge in [0.25, 0.3) is 5.91 Å². The first kappa shape index (κ1) is 19.2. The van der Waals surface area contributed by atoms with E-state index in [2.05, 4.69) is 10.6 Å². The van der Waals surface area contributed by atoms with Gasteiger partial charge in [0.05, 0.1) is 0 Å². The number of hydrogen-bond donors (Lipinski definition) is 2. The molecule has 5 nitrogen and oxygen atoms in total. The zero-order valence-electron chi connectivity index (χ0n) is 15.0. The van der Waals surface area contributed by atoms with Crippen molar-refractivity contribution in [1.82, 2.24) is 5.32 Å². The smallest absolute Gasteiger partial charge is 0.258 e. The van der Waals surface area contributed by atoms with Crippen molar-refractivity contribution in [2.45, 2.75) is 32.2 Å². The number of nitrogens with one attached hydrogen (secondary N) is 2. The molecule has 0 heterocycles. The predicted molar refractivity (Wildman–Crippen MR) is 106 cm³/mol. The highest BCUT2D eigenvalue weighted by atomic mass is 35.5. The fraction of sp³-hybridized carbons (Fsp3) is 0.333. The summed E-state index contributed by atoms with van der Waals surface area (Å²) in [4.78, 5) is 24.2. The van der Waals surface area contributed by atoms with Crippen LogP contribution in [0.1, 0.15) is 31.2 Å². The number of benzene rings is 2. The van der Waals surface area contributed by atoms with Gasteiger partial charge >= 0.3 is 0 Å². The van der Waals surface area contributed by atoms with Crippen LogP contribution >= 0.6 is 11.6 Å². The van der Waals surface area contributed by atoms with Gasteiger partial charge in [-0.15, -0.1) is 0 Å². The molecule has 1 fully saturated rings. The summed E-state index contributed by atoms with van der Waals surface area (Å²) >= 11 is 5.88. The Hall–Kier alpha value is -2.53. The topological polar surface area (TPSA) is 67.4 Å². The van der Waals surface area contributed by atoms with Gasteiger partial charge in [-0.3, -0.25) is 9.59 Å². The molecule has 142 valence electrons. The molecule has 6 heteroatoms. The lowest BCUT2D eigenvalue weighted by Gasteiger charge is -2.12. The van der Waals surface area contributed by atoms with Crippen molar-refractivity contribution in [2.75, 3.05) is 11.9 Å². The second-order valence-corrected chi connectivity index (χ2v) is 7.13. The minimum Gasteiger partial charge on any atom is -0.484 e. The minimum absolute atomic E-state index is 0.0849. The van der Waals surface area contributed by atoms with Crippen LogP contribution in [0.5, 0.6) is 5.75 Å². The molecule has 1 aliphatic carbocycles. The molecule has 1 saturated carbocycles. The molecule has 2 aromatic carbocycles. The van der Waals surface area contributed by atoms with E-state index in [0.29, 0.717) is 17.3 Å². The molecular weight excluding hydrogens is 364 g/mol. The van der Waals surface area contributed by atoms with Gasteiger partial charge in [-0.25, -0.2) is 0 Å². The summed E-state index contributed by atoms with van der Waals surface area (Å²) in [6, 6.07) is 14.4. The number of amides is 2. The summed E-state index contributed by atoms with van der Waals surface area (Å²) in [6.07, 6.45) is 4.19. The molecule has 3 rings (SSSR count). The molecule has 0 aromatic heterocycles. The van der Waals surface area contributed by atoms with Crippen LogP contribution in [0.25, 0.3) is 0 Å². The molecule has 0 spiro atoms. The maximum Gasteiger partial charge on any atom is 0.258 e. The number of halogens is 1. The summed E-state index contributed by atoms with van der Waals surface area (Å²) in [5, 5.41) is 6.34. The molecule has 0 atom stereocenters. The van der Waals surface area contributed by atoms with Crippen LogP contribution in [-0.4, -0.2) is 18.4 Å². The molecule has 2 aromatic rings. The Bertz CT molecular complexity index is 804. The molecule has 1 aliphatic rings. The van der Waals surface area contributed by atoms with Crippen molar-refractivity contribution < 1.29 is 14.3 Å². The van der Waals surface area contributed by atoms with E-state index in [1.165, 1.54) is 0 Å². The van der Waals surface area contributed by atoms with Gasteiger partial charge < -0.3 is 15.4 Å². The quantitative estimate of drug-likeness (QED) is 0.750. The Kier molecular flexibility index (Phi) is 6.71. The average molecular weight is 387 g/mol. The fourth-order valence-corrected chi connectivity index (χ4v) is 3.33.